The summed E-state index contributed by atoms with van der Waals surface area (Å²) < 4.78 is 13.4. The molecule has 0 saturated heterocycles. The number of aromatic nitrogens is 3. The molecule has 4 rings (SSSR count). The fourth-order valence-electron chi connectivity index (χ4n) is 3.70. The van der Waals surface area contributed by atoms with E-state index in [1.165, 1.54) is 11.8 Å². The van der Waals surface area contributed by atoms with E-state index in [0.29, 0.717) is 34.1 Å². The van der Waals surface area contributed by atoms with Crippen LogP contribution in [0.25, 0.3) is 5.69 Å². The number of ether oxygens (including phenoxy) is 2. The van der Waals surface area contributed by atoms with E-state index in [9.17, 15) is 10.1 Å². The van der Waals surface area contributed by atoms with Crippen LogP contribution in [0.5, 0.6) is 11.5 Å². The molecule has 0 spiro atoms. The summed E-state index contributed by atoms with van der Waals surface area (Å²) in [7, 11) is 1.54. The third-order valence-electron chi connectivity index (χ3n) is 5.48. The van der Waals surface area contributed by atoms with Crippen LogP contribution in [0.4, 0.5) is 0 Å². The van der Waals surface area contributed by atoms with Gasteiger partial charge in [0.25, 0.3) is 0 Å². The van der Waals surface area contributed by atoms with Gasteiger partial charge in [0, 0.05) is 15.6 Å². The molecule has 0 unspecified atom stereocenters. The van der Waals surface area contributed by atoms with E-state index in [2.05, 4.69) is 10.2 Å². The summed E-state index contributed by atoms with van der Waals surface area (Å²) in [5, 5.41) is 20.8. The molecule has 1 atom stereocenters. The molecule has 1 aromatic heterocycles. The first-order valence-electron chi connectivity index (χ1n) is 11.2. The molecule has 8 nitrogen and oxygen atoms in total. The van der Waals surface area contributed by atoms with Crippen molar-refractivity contribution in [2.45, 2.75) is 30.9 Å². The van der Waals surface area contributed by atoms with Gasteiger partial charge in [-0.1, -0.05) is 53.7 Å². The summed E-state index contributed by atoms with van der Waals surface area (Å²) in [5.41, 5.74) is 3.68. The molecule has 186 valence electrons. The lowest BCUT2D eigenvalue weighted by Crippen LogP contribution is -2.11. The molecule has 0 saturated carbocycles. The molecule has 0 aliphatic carbocycles. The van der Waals surface area contributed by atoms with E-state index in [1.807, 2.05) is 60.9 Å². The van der Waals surface area contributed by atoms with Crippen LogP contribution >= 0.6 is 23.4 Å². The maximum Gasteiger partial charge on any atom is 0.220 e. The molecule has 0 aliphatic heterocycles. The van der Waals surface area contributed by atoms with Gasteiger partial charge in [0.2, 0.25) is 6.54 Å². The topological polar surface area (TPSA) is 92.3 Å². The van der Waals surface area contributed by atoms with Crippen LogP contribution in [0.3, 0.4) is 0 Å². The summed E-state index contributed by atoms with van der Waals surface area (Å²) in [5.74, 6) is 1.73. The molecule has 0 bridgehead atoms. The first-order valence-corrected chi connectivity index (χ1v) is 12.4. The van der Waals surface area contributed by atoms with Crippen molar-refractivity contribution in [2.24, 2.45) is 0 Å². The number of aryl methyl sites for hydroxylation is 2. The number of rotatable bonds is 10. The molecule has 10 heteroatoms. The van der Waals surface area contributed by atoms with Crippen LogP contribution in [0, 0.1) is 24.0 Å². The molecule has 0 radical (unpaired) electrons. The number of hydrogen-bond donors (Lipinski definition) is 0. The average Bonchev–Trinajstić information content (AvgIpc) is 3.22. The van der Waals surface area contributed by atoms with Crippen LogP contribution in [0.1, 0.15) is 27.8 Å². The van der Waals surface area contributed by atoms with Gasteiger partial charge >= 0.3 is 0 Å². The Hall–Kier alpha value is -3.56. The minimum atomic E-state index is -0.522. The zero-order valence-electron chi connectivity index (χ0n) is 20.1. The van der Waals surface area contributed by atoms with Gasteiger partial charge in [-0.3, -0.25) is 14.7 Å². The van der Waals surface area contributed by atoms with E-state index in [-0.39, 0.29) is 11.5 Å². The zero-order chi connectivity index (χ0) is 25.7. The van der Waals surface area contributed by atoms with Gasteiger partial charge in [0.1, 0.15) is 17.7 Å². The van der Waals surface area contributed by atoms with Crippen molar-refractivity contribution in [3.63, 3.8) is 0 Å². The lowest BCUT2D eigenvalue weighted by Gasteiger charge is -2.17. The second kappa shape index (κ2) is 11.5. The van der Waals surface area contributed by atoms with E-state index in [4.69, 9.17) is 21.1 Å². The number of nitrogens with zero attached hydrogens (tertiary/aromatic N) is 4. The van der Waals surface area contributed by atoms with Crippen molar-refractivity contribution < 1.29 is 14.4 Å². The Kier molecular flexibility index (Phi) is 8.12. The van der Waals surface area contributed by atoms with E-state index in [1.54, 1.807) is 31.4 Å². The average molecular weight is 525 g/mol. The zero-order valence-corrected chi connectivity index (χ0v) is 21.6. The molecule has 3 aromatic carbocycles. The maximum absolute atomic E-state index is 11.6. The summed E-state index contributed by atoms with van der Waals surface area (Å²) in [6.07, 6.45) is 0. The number of halogens is 1. The van der Waals surface area contributed by atoms with Crippen molar-refractivity contribution in [3.05, 3.63) is 104 Å². The van der Waals surface area contributed by atoms with Crippen molar-refractivity contribution in [1.29, 1.82) is 0 Å². The number of thioether (sulfide) groups is 1. The fourth-order valence-corrected chi connectivity index (χ4v) is 4.99. The second-order valence-corrected chi connectivity index (χ2v) is 9.76. The Morgan fingerprint density at radius 3 is 2.53 bits per heavy atom. The number of nitro groups is 1. The van der Waals surface area contributed by atoms with Crippen LogP contribution in [-0.4, -0.2) is 33.3 Å². The third kappa shape index (κ3) is 6.16. The summed E-state index contributed by atoms with van der Waals surface area (Å²) >= 11 is 7.24. The molecular weight excluding hydrogens is 500 g/mol. The van der Waals surface area contributed by atoms with E-state index < -0.39 is 5.25 Å². The molecule has 0 fully saturated rings. The summed E-state index contributed by atoms with van der Waals surface area (Å²) in [6, 6.07) is 20.7. The first kappa shape index (κ1) is 25.5. The molecule has 1 heterocycles. The highest BCUT2D eigenvalue weighted by Crippen LogP contribution is 2.39. The normalized spacial score (nSPS) is 11.8. The lowest BCUT2D eigenvalue weighted by molar-refractivity contribution is -0.479. The molecule has 0 aliphatic rings. The summed E-state index contributed by atoms with van der Waals surface area (Å²) in [4.78, 5) is 11.2. The SMILES string of the molecule is COc1cc([C@@H](C[N+](=O)[O-])Sc2nnc(C)n2-c2cccc(C)c2)ccc1OCc1ccc(Cl)cc1. The Balaban J connectivity index is 1.60. The molecule has 4 aromatic rings. The number of methoxy groups -OCH3 is 1. The Morgan fingerprint density at radius 2 is 1.83 bits per heavy atom. The first-order chi connectivity index (χ1) is 17.3. The van der Waals surface area contributed by atoms with Crippen molar-refractivity contribution in [3.8, 4) is 17.2 Å². The lowest BCUT2D eigenvalue weighted by atomic mass is 10.1. The van der Waals surface area contributed by atoms with Gasteiger partial charge < -0.3 is 9.47 Å². The number of hydrogen-bond acceptors (Lipinski definition) is 7. The van der Waals surface area contributed by atoms with Gasteiger partial charge in [0.15, 0.2) is 16.7 Å². The third-order valence-corrected chi connectivity index (χ3v) is 6.92. The van der Waals surface area contributed by atoms with Gasteiger partial charge in [-0.15, -0.1) is 10.2 Å². The Labute approximate surface area is 218 Å². The van der Waals surface area contributed by atoms with E-state index in [0.717, 1.165) is 22.4 Å². The van der Waals surface area contributed by atoms with Crippen molar-refractivity contribution in [1.82, 2.24) is 14.8 Å². The fraction of sp³-hybridized carbons (Fsp3) is 0.231. The van der Waals surface area contributed by atoms with Crippen molar-refractivity contribution in [2.75, 3.05) is 13.7 Å². The Bertz CT molecular complexity index is 1360. The maximum atomic E-state index is 11.6. The highest BCUT2D eigenvalue weighted by molar-refractivity contribution is 7.99. The minimum Gasteiger partial charge on any atom is -0.493 e. The molecule has 0 N–H and O–H groups in total. The molecule has 36 heavy (non-hydrogen) atoms. The largest absolute Gasteiger partial charge is 0.493 e. The van der Waals surface area contributed by atoms with Crippen LogP contribution < -0.4 is 9.47 Å². The van der Waals surface area contributed by atoms with Crippen molar-refractivity contribution >= 4 is 23.4 Å². The molecular formula is C26H25ClN4O4S. The van der Waals surface area contributed by atoms with Crippen LogP contribution in [0.15, 0.2) is 71.9 Å². The van der Waals surface area contributed by atoms with Gasteiger partial charge in [-0.05, 0) is 66.9 Å². The predicted octanol–water partition coefficient (Wildman–Crippen LogP) is 6.24. The Morgan fingerprint density at radius 1 is 1.06 bits per heavy atom. The van der Waals surface area contributed by atoms with Crippen LogP contribution in [0.2, 0.25) is 5.02 Å². The highest BCUT2D eigenvalue weighted by Gasteiger charge is 2.25. The van der Waals surface area contributed by atoms with Gasteiger partial charge in [0.05, 0.1) is 7.11 Å². The minimum absolute atomic E-state index is 0.293. The predicted molar refractivity (Wildman–Crippen MR) is 140 cm³/mol. The van der Waals surface area contributed by atoms with Crippen LogP contribution in [-0.2, 0) is 6.61 Å². The van der Waals surface area contributed by atoms with Gasteiger partial charge in [-0.25, -0.2) is 0 Å². The standard InChI is InChI=1S/C26H25ClN4O4S/c1-17-5-4-6-22(13-17)31-18(2)28-29-26(31)36-25(15-30(32)33)20-9-12-23(24(14-20)34-3)35-16-19-7-10-21(27)11-8-19/h4-14,25H,15-16H2,1-3H3/t25-/m1/s1. The monoisotopic (exact) mass is 524 g/mol. The van der Waals surface area contributed by atoms with Gasteiger partial charge in [-0.2, -0.15) is 0 Å². The van der Waals surface area contributed by atoms with E-state index >= 15 is 0 Å². The second-order valence-electron chi connectivity index (χ2n) is 8.15. The summed E-state index contributed by atoms with van der Waals surface area (Å²) in [6.45, 7) is 3.91. The smallest absolute Gasteiger partial charge is 0.220 e. The quantitative estimate of drug-likeness (QED) is 0.138. The molecule has 0 amide bonds. The number of benzene rings is 3. The highest BCUT2D eigenvalue weighted by atomic mass is 35.5.